The molecule has 0 saturated carbocycles. The number of benzene rings is 1. The summed E-state index contributed by atoms with van der Waals surface area (Å²) in [5.74, 6) is -1.46. The van der Waals surface area contributed by atoms with Crippen molar-refractivity contribution in [3.8, 4) is 0 Å². The maximum absolute atomic E-state index is 13.3. The zero-order valence-electron chi connectivity index (χ0n) is 13.0. The van der Waals surface area contributed by atoms with E-state index in [9.17, 15) is 19.2 Å². The van der Waals surface area contributed by atoms with Crippen molar-refractivity contribution in [2.45, 2.75) is 12.8 Å². The molecule has 0 saturated heterocycles. The van der Waals surface area contributed by atoms with Crippen LogP contribution in [0.15, 0.2) is 48.3 Å². The summed E-state index contributed by atoms with van der Waals surface area (Å²) < 4.78 is 5.25. The van der Waals surface area contributed by atoms with Gasteiger partial charge in [0.25, 0.3) is 0 Å². The van der Waals surface area contributed by atoms with E-state index in [1.54, 1.807) is 24.3 Å². The van der Waals surface area contributed by atoms with E-state index < -0.39 is 34.0 Å². The Balaban J connectivity index is 2.11. The molecule has 0 heterocycles. The van der Waals surface area contributed by atoms with Gasteiger partial charge in [-0.1, -0.05) is 24.3 Å². The summed E-state index contributed by atoms with van der Waals surface area (Å²) in [5.41, 5.74) is -3.01. The minimum absolute atomic E-state index is 0.00993. The van der Waals surface area contributed by atoms with Gasteiger partial charge in [0.15, 0.2) is 23.1 Å². The van der Waals surface area contributed by atoms with E-state index in [4.69, 9.17) is 4.74 Å². The molecule has 0 amide bonds. The number of carbonyl (C=O) groups excluding carboxylic acids is 4. The second-order valence-corrected chi connectivity index (χ2v) is 6.33. The summed E-state index contributed by atoms with van der Waals surface area (Å²) in [4.78, 5) is 52.3. The number of carbonyl (C=O) groups is 4. The van der Waals surface area contributed by atoms with Crippen LogP contribution < -0.4 is 0 Å². The first-order valence-corrected chi connectivity index (χ1v) is 7.67. The maximum Gasteiger partial charge on any atom is 0.179 e. The fraction of sp³-hybridized carbons (Fsp3) is 0.263. The van der Waals surface area contributed by atoms with Crippen LogP contribution in [0.4, 0.5) is 0 Å². The molecule has 1 aromatic rings. The van der Waals surface area contributed by atoms with E-state index in [0.29, 0.717) is 5.76 Å². The van der Waals surface area contributed by atoms with Crippen molar-refractivity contribution in [3.05, 3.63) is 59.4 Å². The molecule has 3 aliphatic rings. The van der Waals surface area contributed by atoms with E-state index in [1.807, 2.05) is 0 Å². The lowest BCUT2D eigenvalue weighted by atomic mass is 9.45. The molecule has 24 heavy (non-hydrogen) atoms. The monoisotopic (exact) mass is 322 g/mol. The number of rotatable bonds is 1. The molecule has 3 aliphatic carbocycles. The fourth-order valence-electron chi connectivity index (χ4n) is 4.25. The summed E-state index contributed by atoms with van der Waals surface area (Å²) in [6.07, 6.45) is 3.81. The van der Waals surface area contributed by atoms with Crippen LogP contribution in [-0.4, -0.2) is 30.2 Å². The Morgan fingerprint density at radius 2 is 1.42 bits per heavy atom. The highest BCUT2D eigenvalue weighted by atomic mass is 16.5. The van der Waals surface area contributed by atoms with Crippen LogP contribution in [0, 0.1) is 10.8 Å². The molecule has 0 spiro atoms. The van der Waals surface area contributed by atoms with Crippen molar-refractivity contribution < 1.29 is 23.9 Å². The van der Waals surface area contributed by atoms with Crippen LogP contribution in [-0.2, 0) is 14.3 Å². The number of methoxy groups -OCH3 is 1. The SMILES string of the molecule is COC1=CC[C@@]23C(=O)C=CC(=O)[C@@]2(C1)C(=O)c1ccccc1C3=O. The van der Waals surface area contributed by atoms with Crippen molar-refractivity contribution in [2.75, 3.05) is 7.11 Å². The van der Waals surface area contributed by atoms with Gasteiger partial charge < -0.3 is 4.74 Å². The average molecular weight is 322 g/mol. The van der Waals surface area contributed by atoms with E-state index in [2.05, 4.69) is 0 Å². The normalized spacial score (nSPS) is 31.1. The van der Waals surface area contributed by atoms with E-state index in [0.717, 1.165) is 12.2 Å². The Morgan fingerprint density at radius 3 is 2.00 bits per heavy atom. The van der Waals surface area contributed by atoms with Gasteiger partial charge in [0.2, 0.25) is 0 Å². The van der Waals surface area contributed by atoms with Gasteiger partial charge in [-0.15, -0.1) is 0 Å². The van der Waals surface area contributed by atoms with Crippen LogP contribution >= 0.6 is 0 Å². The van der Waals surface area contributed by atoms with E-state index >= 15 is 0 Å². The number of fused-ring (bicyclic) bond motifs is 1. The average Bonchev–Trinajstić information content (AvgIpc) is 2.62. The van der Waals surface area contributed by atoms with Crippen LogP contribution in [0.25, 0.3) is 0 Å². The molecule has 0 N–H and O–H groups in total. The molecule has 0 radical (unpaired) electrons. The molecule has 5 nitrogen and oxygen atoms in total. The Kier molecular flexibility index (Phi) is 2.83. The van der Waals surface area contributed by atoms with Crippen molar-refractivity contribution in [1.29, 1.82) is 0 Å². The molecular weight excluding hydrogens is 308 g/mol. The molecule has 0 bridgehead atoms. The molecule has 0 fully saturated rings. The predicted molar refractivity (Wildman–Crippen MR) is 83.4 cm³/mol. The molecule has 1 aromatic carbocycles. The predicted octanol–water partition coefficient (Wildman–Crippen LogP) is 2.07. The third-order valence-corrected chi connectivity index (χ3v) is 5.48. The van der Waals surface area contributed by atoms with Crippen LogP contribution in [0.5, 0.6) is 0 Å². The highest BCUT2D eigenvalue weighted by Crippen LogP contribution is 2.59. The first kappa shape index (κ1) is 14.8. The first-order chi connectivity index (χ1) is 11.5. The minimum atomic E-state index is -1.73. The number of allylic oxidation sites excluding steroid dienone is 4. The third kappa shape index (κ3) is 1.40. The van der Waals surface area contributed by atoms with Gasteiger partial charge >= 0.3 is 0 Å². The Morgan fingerprint density at radius 1 is 0.875 bits per heavy atom. The fourth-order valence-corrected chi connectivity index (χ4v) is 4.25. The summed E-state index contributed by atoms with van der Waals surface area (Å²) in [7, 11) is 1.45. The van der Waals surface area contributed by atoms with Crippen LogP contribution in [0.3, 0.4) is 0 Å². The maximum atomic E-state index is 13.3. The lowest BCUT2D eigenvalue weighted by molar-refractivity contribution is -0.140. The summed E-state index contributed by atoms with van der Waals surface area (Å²) in [6, 6.07) is 6.38. The van der Waals surface area contributed by atoms with Crippen molar-refractivity contribution in [3.63, 3.8) is 0 Å². The summed E-state index contributed by atoms with van der Waals surface area (Å²) >= 11 is 0. The Labute approximate surface area is 138 Å². The van der Waals surface area contributed by atoms with Crippen LogP contribution in [0.1, 0.15) is 33.6 Å². The quantitative estimate of drug-likeness (QED) is 0.740. The third-order valence-electron chi connectivity index (χ3n) is 5.48. The Bertz CT molecular complexity index is 891. The molecule has 4 rings (SSSR count). The number of Topliss-reactive ketones (excluding diaryl/α,β-unsaturated/α-hetero) is 2. The van der Waals surface area contributed by atoms with E-state index in [1.165, 1.54) is 13.2 Å². The van der Waals surface area contributed by atoms with Gasteiger partial charge in [0.1, 0.15) is 10.8 Å². The largest absolute Gasteiger partial charge is 0.501 e. The topological polar surface area (TPSA) is 77.5 Å². The molecule has 5 heteroatoms. The zero-order chi connectivity index (χ0) is 17.1. The van der Waals surface area contributed by atoms with Gasteiger partial charge in [0, 0.05) is 17.5 Å². The molecule has 0 aromatic heterocycles. The summed E-state index contributed by atoms with van der Waals surface area (Å²) in [5, 5.41) is 0. The van der Waals surface area contributed by atoms with Crippen molar-refractivity contribution in [1.82, 2.24) is 0 Å². The second kappa shape index (κ2) is 4.60. The van der Waals surface area contributed by atoms with E-state index in [-0.39, 0.29) is 24.0 Å². The lowest BCUT2D eigenvalue weighted by Crippen LogP contribution is -2.65. The highest BCUT2D eigenvalue weighted by Gasteiger charge is 2.72. The Hall–Kier alpha value is -2.82. The van der Waals surface area contributed by atoms with Gasteiger partial charge in [-0.05, 0) is 24.6 Å². The molecule has 0 aliphatic heterocycles. The number of ketones is 4. The van der Waals surface area contributed by atoms with Gasteiger partial charge in [-0.2, -0.15) is 0 Å². The van der Waals surface area contributed by atoms with Gasteiger partial charge in [-0.25, -0.2) is 0 Å². The number of hydrogen-bond acceptors (Lipinski definition) is 5. The zero-order valence-corrected chi connectivity index (χ0v) is 13.0. The molecule has 0 unspecified atom stereocenters. The molecule has 120 valence electrons. The number of hydrogen-bond donors (Lipinski definition) is 0. The molecular formula is C19H14O5. The smallest absolute Gasteiger partial charge is 0.179 e. The summed E-state index contributed by atoms with van der Waals surface area (Å²) in [6.45, 7) is 0. The van der Waals surface area contributed by atoms with Crippen molar-refractivity contribution >= 4 is 23.1 Å². The van der Waals surface area contributed by atoms with Crippen LogP contribution in [0.2, 0.25) is 0 Å². The van der Waals surface area contributed by atoms with Crippen molar-refractivity contribution in [2.24, 2.45) is 10.8 Å². The number of ether oxygens (including phenoxy) is 1. The molecule has 2 atom stereocenters. The standard InChI is InChI=1S/C19H14O5/c1-24-11-8-9-18-14(20)6-7-15(21)19(18,10-11)17(23)13-5-3-2-4-12(13)16(18)22/h2-8H,9-10H2,1H3/t18-,19-/m0/s1. The minimum Gasteiger partial charge on any atom is -0.501 e. The first-order valence-electron chi connectivity index (χ1n) is 7.67. The highest BCUT2D eigenvalue weighted by molar-refractivity contribution is 6.37. The van der Waals surface area contributed by atoms with Gasteiger partial charge in [0.05, 0.1) is 12.9 Å². The van der Waals surface area contributed by atoms with Gasteiger partial charge in [-0.3, -0.25) is 19.2 Å². The second-order valence-electron chi connectivity index (χ2n) is 6.33. The lowest BCUT2D eigenvalue weighted by Gasteiger charge is -2.51.